The molecule has 3 heterocycles. The molecule has 0 atom stereocenters. The van der Waals surface area contributed by atoms with Crippen molar-refractivity contribution in [2.75, 3.05) is 0 Å². The molecule has 160 valence electrons. The molecule has 5 aromatic rings. The third-order valence-electron chi connectivity index (χ3n) is 6.00. The van der Waals surface area contributed by atoms with Gasteiger partial charge in [0.1, 0.15) is 24.2 Å². The van der Waals surface area contributed by atoms with E-state index >= 15 is 0 Å². The minimum atomic E-state index is -0.0748. The number of para-hydroxylation sites is 1. The van der Waals surface area contributed by atoms with Gasteiger partial charge in [0.05, 0.1) is 22.3 Å². The highest BCUT2D eigenvalue weighted by atomic mass is 35.5. The van der Waals surface area contributed by atoms with Crippen LogP contribution in [0.25, 0.3) is 44.6 Å². The van der Waals surface area contributed by atoms with Crippen LogP contribution in [0, 0.1) is 6.92 Å². The molecule has 5 heteroatoms. The summed E-state index contributed by atoms with van der Waals surface area (Å²) in [7, 11) is 0. The van der Waals surface area contributed by atoms with E-state index < -0.39 is 0 Å². The Morgan fingerprint density at radius 3 is 2.58 bits per heavy atom. The van der Waals surface area contributed by atoms with Gasteiger partial charge in [-0.25, -0.2) is 4.98 Å². The SMILES string of the molecule is Cc1ccc2occ(-c3cc(-c4ccc(Cl)cc4)nc4c3COc3ccccc3-4)c(=O)c2c1. The molecule has 1 aliphatic heterocycles. The molecule has 0 saturated heterocycles. The molecule has 4 nitrogen and oxygen atoms in total. The van der Waals surface area contributed by atoms with Gasteiger partial charge in [-0.15, -0.1) is 0 Å². The Bertz CT molecular complexity index is 1600. The van der Waals surface area contributed by atoms with Gasteiger partial charge in [-0.05, 0) is 55.0 Å². The standard InChI is InChI=1S/C28H18ClNO3/c1-16-6-11-26-21(12-16)28(31)23(15-33-26)20-13-24(17-7-9-18(29)10-8-17)30-27-19-4-2-3-5-25(19)32-14-22(20)27/h2-13,15H,14H2,1H3. The second kappa shape index (κ2) is 7.61. The molecule has 0 fully saturated rings. The number of hydrogen-bond acceptors (Lipinski definition) is 4. The molecule has 0 saturated carbocycles. The minimum absolute atomic E-state index is 0.0748. The average molecular weight is 452 g/mol. The fraction of sp³-hybridized carbons (Fsp3) is 0.0714. The molecule has 1 aliphatic rings. The van der Waals surface area contributed by atoms with Gasteiger partial charge in [-0.1, -0.05) is 47.5 Å². The largest absolute Gasteiger partial charge is 0.488 e. The third kappa shape index (κ3) is 3.31. The Morgan fingerprint density at radius 1 is 0.909 bits per heavy atom. The molecule has 2 aromatic heterocycles. The lowest BCUT2D eigenvalue weighted by atomic mass is 9.92. The van der Waals surface area contributed by atoms with Crippen molar-refractivity contribution < 1.29 is 9.15 Å². The summed E-state index contributed by atoms with van der Waals surface area (Å²) in [6, 6.07) is 22.9. The molecular weight excluding hydrogens is 434 g/mol. The smallest absolute Gasteiger partial charge is 0.200 e. The number of hydrogen-bond donors (Lipinski definition) is 0. The highest BCUT2D eigenvalue weighted by Gasteiger charge is 2.25. The molecule has 33 heavy (non-hydrogen) atoms. The van der Waals surface area contributed by atoms with Crippen molar-refractivity contribution in [2.45, 2.75) is 13.5 Å². The molecule has 6 rings (SSSR count). The monoisotopic (exact) mass is 451 g/mol. The molecule has 0 aliphatic carbocycles. The van der Waals surface area contributed by atoms with Crippen LogP contribution in [0.3, 0.4) is 0 Å². The molecule has 0 unspecified atom stereocenters. The number of nitrogens with zero attached hydrogens (tertiary/aromatic N) is 1. The predicted molar refractivity (Wildman–Crippen MR) is 131 cm³/mol. The molecule has 0 bridgehead atoms. The Balaban J connectivity index is 1.67. The molecule has 0 amide bonds. The van der Waals surface area contributed by atoms with Crippen molar-refractivity contribution in [3.8, 4) is 39.4 Å². The van der Waals surface area contributed by atoms with E-state index in [-0.39, 0.29) is 5.43 Å². The topological polar surface area (TPSA) is 52.3 Å². The first-order valence-electron chi connectivity index (χ1n) is 10.6. The fourth-order valence-electron chi connectivity index (χ4n) is 4.32. The third-order valence-corrected chi connectivity index (χ3v) is 6.25. The number of halogens is 1. The van der Waals surface area contributed by atoms with E-state index in [1.807, 2.05) is 79.7 Å². The predicted octanol–water partition coefficient (Wildman–Crippen LogP) is 7.04. The number of aryl methyl sites for hydroxylation is 1. The van der Waals surface area contributed by atoms with Crippen LogP contribution in [-0.4, -0.2) is 4.98 Å². The molecule has 3 aromatic carbocycles. The highest BCUT2D eigenvalue weighted by molar-refractivity contribution is 6.30. The summed E-state index contributed by atoms with van der Waals surface area (Å²) in [5.41, 5.74) is 6.98. The summed E-state index contributed by atoms with van der Waals surface area (Å²) in [5.74, 6) is 0.776. The maximum absolute atomic E-state index is 13.6. The van der Waals surface area contributed by atoms with Crippen molar-refractivity contribution >= 4 is 22.6 Å². The van der Waals surface area contributed by atoms with E-state index in [1.54, 1.807) is 6.26 Å². The first-order chi connectivity index (χ1) is 16.1. The molecule has 0 spiro atoms. The van der Waals surface area contributed by atoms with Crippen LogP contribution in [0.1, 0.15) is 11.1 Å². The zero-order chi connectivity index (χ0) is 22.5. The van der Waals surface area contributed by atoms with E-state index in [2.05, 4.69) is 0 Å². The number of fused-ring (bicyclic) bond motifs is 4. The number of pyridine rings is 1. The summed E-state index contributed by atoms with van der Waals surface area (Å²) < 4.78 is 11.9. The number of aromatic nitrogens is 1. The van der Waals surface area contributed by atoms with Crippen LogP contribution in [0.15, 0.2) is 88.3 Å². The molecular formula is C28H18ClNO3. The van der Waals surface area contributed by atoms with Crippen LogP contribution in [-0.2, 0) is 6.61 Å². The second-order valence-electron chi connectivity index (χ2n) is 8.15. The quantitative estimate of drug-likeness (QED) is 0.288. The van der Waals surface area contributed by atoms with Gasteiger partial charge in [0.2, 0.25) is 5.43 Å². The van der Waals surface area contributed by atoms with Crippen LogP contribution in [0.5, 0.6) is 5.75 Å². The maximum Gasteiger partial charge on any atom is 0.200 e. The Kier molecular flexibility index (Phi) is 4.56. The number of ether oxygens (including phenoxy) is 1. The summed E-state index contributed by atoms with van der Waals surface area (Å²) in [6.45, 7) is 2.28. The fourth-order valence-corrected chi connectivity index (χ4v) is 4.44. The maximum atomic E-state index is 13.6. The normalized spacial score (nSPS) is 12.2. The zero-order valence-corrected chi connectivity index (χ0v) is 18.5. The van der Waals surface area contributed by atoms with Crippen molar-refractivity contribution in [2.24, 2.45) is 0 Å². The van der Waals surface area contributed by atoms with Gasteiger partial charge in [0.25, 0.3) is 0 Å². The van der Waals surface area contributed by atoms with Crippen molar-refractivity contribution in [3.05, 3.63) is 105 Å². The highest BCUT2D eigenvalue weighted by Crippen LogP contribution is 2.41. The number of benzene rings is 3. The van der Waals surface area contributed by atoms with Crippen LogP contribution in [0.4, 0.5) is 0 Å². The lowest BCUT2D eigenvalue weighted by Gasteiger charge is -2.23. The Morgan fingerprint density at radius 2 is 1.73 bits per heavy atom. The summed E-state index contributed by atoms with van der Waals surface area (Å²) in [5, 5.41) is 1.21. The first kappa shape index (κ1) is 19.8. The van der Waals surface area contributed by atoms with Crippen molar-refractivity contribution in [3.63, 3.8) is 0 Å². The van der Waals surface area contributed by atoms with Crippen LogP contribution >= 0.6 is 11.6 Å². The average Bonchev–Trinajstić information content (AvgIpc) is 2.84. The summed E-state index contributed by atoms with van der Waals surface area (Å²) in [4.78, 5) is 18.6. The Labute approximate surface area is 195 Å². The van der Waals surface area contributed by atoms with Gasteiger partial charge in [0, 0.05) is 21.7 Å². The minimum Gasteiger partial charge on any atom is -0.488 e. The lowest BCUT2D eigenvalue weighted by Crippen LogP contribution is -2.13. The van der Waals surface area contributed by atoms with Gasteiger partial charge in [-0.2, -0.15) is 0 Å². The molecule has 0 N–H and O–H groups in total. The van der Waals surface area contributed by atoms with E-state index in [1.165, 1.54) is 0 Å². The van der Waals surface area contributed by atoms with Crippen LogP contribution < -0.4 is 10.2 Å². The van der Waals surface area contributed by atoms with Gasteiger partial charge < -0.3 is 9.15 Å². The van der Waals surface area contributed by atoms with Gasteiger partial charge >= 0.3 is 0 Å². The second-order valence-corrected chi connectivity index (χ2v) is 8.59. The van der Waals surface area contributed by atoms with E-state index in [4.69, 9.17) is 25.7 Å². The van der Waals surface area contributed by atoms with E-state index in [9.17, 15) is 4.79 Å². The Hall–Kier alpha value is -3.89. The van der Waals surface area contributed by atoms with E-state index in [0.717, 1.165) is 45.0 Å². The van der Waals surface area contributed by atoms with Crippen LogP contribution in [0.2, 0.25) is 5.02 Å². The van der Waals surface area contributed by atoms with E-state index in [0.29, 0.717) is 28.2 Å². The van der Waals surface area contributed by atoms with Gasteiger partial charge in [0.15, 0.2) is 0 Å². The molecule has 0 radical (unpaired) electrons. The van der Waals surface area contributed by atoms with Gasteiger partial charge in [-0.3, -0.25) is 4.79 Å². The number of rotatable bonds is 2. The first-order valence-corrected chi connectivity index (χ1v) is 11.0. The summed E-state index contributed by atoms with van der Waals surface area (Å²) >= 11 is 6.11. The van der Waals surface area contributed by atoms with Crippen molar-refractivity contribution in [1.29, 1.82) is 0 Å². The summed E-state index contributed by atoms with van der Waals surface area (Å²) in [6.07, 6.45) is 1.54. The lowest BCUT2D eigenvalue weighted by molar-refractivity contribution is 0.302. The van der Waals surface area contributed by atoms with Crippen molar-refractivity contribution in [1.82, 2.24) is 4.98 Å². The zero-order valence-electron chi connectivity index (χ0n) is 17.8.